The summed E-state index contributed by atoms with van der Waals surface area (Å²) in [4.78, 5) is 13.9. The Kier molecular flexibility index (Phi) is 5.33. The average molecular weight is 345 g/mol. The molecule has 1 amide bonds. The quantitative estimate of drug-likeness (QED) is 0.813. The number of piperidine rings is 1. The molecule has 0 saturated carbocycles. The number of likely N-dealkylation sites (tertiary alicyclic amines) is 1. The molecule has 3 rings (SSSR count). The molecule has 0 spiro atoms. The van der Waals surface area contributed by atoms with Gasteiger partial charge in [0.05, 0.1) is 12.9 Å². The standard InChI is InChI=1S/C20H27NO4/c1-20(2,3)25-19(22)21-10-8-15(9-11-21)12-23-13-16-14-24-18-7-5-4-6-17(16)18/h4-7,14-15H,8-13H2,1-3H3. The van der Waals surface area contributed by atoms with Crippen LogP contribution in [0.1, 0.15) is 39.2 Å². The normalized spacial score (nSPS) is 16.4. The van der Waals surface area contributed by atoms with Gasteiger partial charge in [0.2, 0.25) is 0 Å². The third kappa shape index (κ3) is 4.75. The van der Waals surface area contributed by atoms with Gasteiger partial charge in [0, 0.05) is 30.6 Å². The number of fused-ring (bicyclic) bond motifs is 1. The lowest BCUT2D eigenvalue weighted by atomic mass is 9.98. The minimum atomic E-state index is -0.440. The van der Waals surface area contributed by atoms with Crippen molar-refractivity contribution >= 4 is 17.1 Å². The van der Waals surface area contributed by atoms with Crippen LogP contribution >= 0.6 is 0 Å². The molecule has 0 unspecified atom stereocenters. The molecular weight excluding hydrogens is 318 g/mol. The summed E-state index contributed by atoms with van der Waals surface area (Å²) in [5.74, 6) is 0.483. The van der Waals surface area contributed by atoms with Gasteiger partial charge in [-0.1, -0.05) is 18.2 Å². The Morgan fingerprint density at radius 3 is 2.68 bits per heavy atom. The fraction of sp³-hybridized carbons (Fsp3) is 0.550. The first kappa shape index (κ1) is 17.8. The molecule has 136 valence electrons. The highest BCUT2D eigenvalue weighted by atomic mass is 16.6. The van der Waals surface area contributed by atoms with Gasteiger partial charge in [-0.05, 0) is 45.6 Å². The first-order valence-electron chi connectivity index (χ1n) is 8.93. The first-order chi connectivity index (χ1) is 11.9. The van der Waals surface area contributed by atoms with Crippen molar-refractivity contribution in [1.29, 1.82) is 0 Å². The van der Waals surface area contributed by atoms with Crippen LogP contribution in [0.15, 0.2) is 34.9 Å². The van der Waals surface area contributed by atoms with Gasteiger partial charge in [-0.3, -0.25) is 0 Å². The number of hydrogen-bond donors (Lipinski definition) is 0. The Labute approximate surface area is 148 Å². The van der Waals surface area contributed by atoms with Crippen molar-refractivity contribution < 1.29 is 18.7 Å². The summed E-state index contributed by atoms with van der Waals surface area (Å²) in [6.45, 7) is 8.42. The number of rotatable bonds is 4. The molecule has 25 heavy (non-hydrogen) atoms. The maximum absolute atomic E-state index is 12.1. The number of para-hydroxylation sites is 1. The van der Waals surface area contributed by atoms with E-state index in [-0.39, 0.29) is 6.09 Å². The van der Waals surface area contributed by atoms with Crippen LogP contribution in [0.5, 0.6) is 0 Å². The van der Waals surface area contributed by atoms with Gasteiger partial charge in [-0.15, -0.1) is 0 Å². The molecule has 0 bridgehead atoms. The van der Waals surface area contributed by atoms with E-state index in [0.29, 0.717) is 19.1 Å². The van der Waals surface area contributed by atoms with E-state index in [0.717, 1.165) is 42.5 Å². The predicted molar refractivity (Wildman–Crippen MR) is 96.4 cm³/mol. The monoisotopic (exact) mass is 345 g/mol. The van der Waals surface area contributed by atoms with Crippen LogP contribution in [0.3, 0.4) is 0 Å². The first-order valence-corrected chi connectivity index (χ1v) is 8.93. The molecule has 1 fully saturated rings. The minimum Gasteiger partial charge on any atom is -0.464 e. The summed E-state index contributed by atoms with van der Waals surface area (Å²) in [7, 11) is 0. The molecule has 1 saturated heterocycles. The molecule has 0 radical (unpaired) electrons. The summed E-state index contributed by atoms with van der Waals surface area (Å²) >= 11 is 0. The predicted octanol–water partition coefficient (Wildman–Crippen LogP) is 4.60. The molecule has 1 aromatic heterocycles. The van der Waals surface area contributed by atoms with Crippen LogP contribution in [-0.4, -0.2) is 36.3 Å². The molecule has 1 aromatic carbocycles. The lowest BCUT2D eigenvalue weighted by Gasteiger charge is -2.33. The van der Waals surface area contributed by atoms with Crippen molar-refractivity contribution in [2.45, 2.75) is 45.8 Å². The Morgan fingerprint density at radius 2 is 1.96 bits per heavy atom. The van der Waals surface area contributed by atoms with Crippen molar-refractivity contribution in [3.63, 3.8) is 0 Å². The Hall–Kier alpha value is -2.01. The Balaban J connectivity index is 1.42. The largest absolute Gasteiger partial charge is 0.464 e. The van der Waals surface area contributed by atoms with Crippen LogP contribution in [0.25, 0.3) is 11.0 Å². The second-order valence-electron chi connectivity index (χ2n) is 7.68. The number of amides is 1. The van der Waals surface area contributed by atoms with Gasteiger partial charge >= 0.3 is 6.09 Å². The maximum atomic E-state index is 12.1. The zero-order valence-electron chi connectivity index (χ0n) is 15.3. The van der Waals surface area contributed by atoms with E-state index in [1.807, 2.05) is 39.0 Å². The second-order valence-corrected chi connectivity index (χ2v) is 7.68. The molecule has 5 nitrogen and oxygen atoms in total. The van der Waals surface area contributed by atoms with Gasteiger partial charge in [-0.25, -0.2) is 4.79 Å². The lowest BCUT2D eigenvalue weighted by molar-refractivity contribution is 0.0105. The second kappa shape index (κ2) is 7.48. The summed E-state index contributed by atoms with van der Waals surface area (Å²) in [5, 5.41) is 1.11. The van der Waals surface area contributed by atoms with E-state index in [9.17, 15) is 4.79 Å². The van der Waals surface area contributed by atoms with Crippen molar-refractivity contribution in [1.82, 2.24) is 4.90 Å². The maximum Gasteiger partial charge on any atom is 0.410 e. The number of benzene rings is 1. The van der Waals surface area contributed by atoms with Gasteiger partial charge in [-0.2, -0.15) is 0 Å². The molecule has 5 heteroatoms. The van der Waals surface area contributed by atoms with E-state index in [1.54, 1.807) is 11.2 Å². The summed E-state index contributed by atoms with van der Waals surface area (Å²) < 4.78 is 16.9. The summed E-state index contributed by atoms with van der Waals surface area (Å²) in [6, 6.07) is 7.99. The zero-order valence-corrected chi connectivity index (χ0v) is 15.3. The highest BCUT2D eigenvalue weighted by Crippen LogP contribution is 2.23. The third-order valence-electron chi connectivity index (χ3n) is 4.44. The molecule has 1 aliphatic heterocycles. The molecule has 2 aromatic rings. The number of hydrogen-bond acceptors (Lipinski definition) is 4. The molecule has 0 N–H and O–H groups in total. The van der Waals surface area contributed by atoms with E-state index in [1.165, 1.54) is 0 Å². The Bertz CT molecular complexity index is 708. The van der Waals surface area contributed by atoms with Crippen molar-refractivity contribution in [3.05, 3.63) is 36.1 Å². The van der Waals surface area contributed by atoms with E-state index in [2.05, 4.69) is 6.07 Å². The molecule has 0 atom stereocenters. The third-order valence-corrected chi connectivity index (χ3v) is 4.44. The van der Waals surface area contributed by atoms with E-state index >= 15 is 0 Å². The fourth-order valence-electron chi connectivity index (χ4n) is 3.09. The lowest BCUT2D eigenvalue weighted by Crippen LogP contribution is -2.42. The zero-order chi connectivity index (χ0) is 17.9. The van der Waals surface area contributed by atoms with Gasteiger partial charge < -0.3 is 18.8 Å². The van der Waals surface area contributed by atoms with Crippen LogP contribution in [-0.2, 0) is 16.1 Å². The van der Waals surface area contributed by atoms with Crippen molar-refractivity contribution in [3.8, 4) is 0 Å². The summed E-state index contributed by atoms with van der Waals surface area (Å²) in [5.41, 5.74) is 1.54. The van der Waals surface area contributed by atoms with Gasteiger partial charge in [0.25, 0.3) is 0 Å². The number of carbonyl (C=O) groups excluding carboxylic acids is 1. The van der Waals surface area contributed by atoms with Crippen molar-refractivity contribution in [2.75, 3.05) is 19.7 Å². The SMILES string of the molecule is CC(C)(C)OC(=O)N1CCC(COCc2coc3ccccc23)CC1. The summed E-state index contributed by atoms with van der Waals surface area (Å²) in [6.07, 6.45) is 3.46. The van der Waals surface area contributed by atoms with Crippen LogP contribution in [0.4, 0.5) is 4.79 Å². The molecule has 1 aliphatic rings. The smallest absolute Gasteiger partial charge is 0.410 e. The van der Waals surface area contributed by atoms with E-state index < -0.39 is 5.60 Å². The number of nitrogens with zero attached hydrogens (tertiary/aromatic N) is 1. The number of furan rings is 1. The number of carbonyl (C=O) groups is 1. The Morgan fingerprint density at radius 1 is 1.24 bits per heavy atom. The van der Waals surface area contributed by atoms with Gasteiger partial charge in [0.1, 0.15) is 11.2 Å². The van der Waals surface area contributed by atoms with Crippen LogP contribution in [0, 0.1) is 5.92 Å². The fourth-order valence-corrected chi connectivity index (χ4v) is 3.09. The minimum absolute atomic E-state index is 0.211. The molecule has 2 heterocycles. The number of ether oxygens (including phenoxy) is 2. The molecular formula is C20H27NO4. The van der Waals surface area contributed by atoms with E-state index in [4.69, 9.17) is 13.9 Å². The van der Waals surface area contributed by atoms with Gasteiger partial charge in [0.15, 0.2) is 0 Å². The highest BCUT2D eigenvalue weighted by Gasteiger charge is 2.26. The van der Waals surface area contributed by atoms with Crippen molar-refractivity contribution in [2.24, 2.45) is 5.92 Å². The van der Waals surface area contributed by atoms with Crippen LogP contribution in [0.2, 0.25) is 0 Å². The topological polar surface area (TPSA) is 51.9 Å². The van der Waals surface area contributed by atoms with Crippen LogP contribution < -0.4 is 0 Å². The average Bonchev–Trinajstić information content (AvgIpc) is 2.97. The highest BCUT2D eigenvalue weighted by molar-refractivity contribution is 5.80. The molecule has 0 aliphatic carbocycles.